The Balaban J connectivity index is 1.88. The van der Waals surface area contributed by atoms with Crippen LogP contribution < -0.4 is 11.3 Å². The minimum absolute atomic E-state index is 0.223. The summed E-state index contributed by atoms with van der Waals surface area (Å²) in [5, 5.41) is 5.03. The number of fused-ring (bicyclic) bond motifs is 1. The van der Waals surface area contributed by atoms with Gasteiger partial charge in [-0.05, 0) is 13.8 Å². The van der Waals surface area contributed by atoms with Gasteiger partial charge in [0, 0.05) is 20.1 Å². The van der Waals surface area contributed by atoms with Crippen molar-refractivity contribution >= 4 is 16.9 Å². The highest BCUT2D eigenvalue weighted by Gasteiger charge is 2.23. The lowest BCUT2D eigenvalue weighted by atomic mass is 10.2. The van der Waals surface area contributed by atoms with Crippen LogP contribution in [0.3, 0.4) is 0 Å². The van der Waals surface area contributed by atoms with Crippen LogP contribution in [-0.2, 0) is 18.3 Å². The van der Waals surface area contributed by atoms with Gasteiger partial charge < -0.3 is 10.2 Å². The Labute approximate surface area is 123 Å². The van der Waals surface area contributed by atoms with E-state index in [-0.39, 0.29) is 12.2 Å². The Morgan fingerprint density at radius 3 is 2.71 bits per heavy atom. The summed E-state index contributed by atoms with van der Waals surface area (Å²) in [6.07, 6.45) is 2.16. The van der Waals surface area contributed by atoms with Gasteiger partial charge >= 0.3 is 0 Å². The third-order valence-electron chi connectivity index (χ3n) is 3.64. The standard InChI is InChI=1S/C13H21N7O/c1-8-5-20(6-9(2)21-8)7-11-16-12(18-14)10-4-15-19(3)13(10)17-11/h4,8-9H,5-7,14H2,1-3H3,(H,16,17,18). The van der Waals surface area contributed by atoms with Crippen LogP contribution in [0.15, 0.2) is 6.20 Å². The summed E-state index contributed by atoms with van der Waals surface area (Å²) < 4.78 is 7.48. The Morgan fingerprint density at radius 2 is 2.05 bits per heavy atom. The van der Waals surface area contributed by atoms with E-state index in [1.807, 2.05) is 7.05 Å². The van der Waals surface area contributed by atoms with E-state index in [4.69, 9.17) is 10.6 Å². The number of hydrogen-bond donors (Lipinski definition) is 2. The molecule has 2 aromatic rings. The molecular formula is C13H21N7O. The van der Waals surface area contributed by atoms with Gasteiger partial charge in [0.2, 0.25) is 0 Å². The Bertz CT molecular complexity index is 631. The van der Waals surface area contributed by atoms with Crippen molar-refractivity contribution in [3.05, 3.63) is 12.0 Å². The van der Waals surface area contributed by atoms with Gasteiger partial charge in [-0.15, -0.1) is 0 Å². The number of morpholine rings is 1. The fourth-order valence-electron chi connectivity index (χ4n) is 2.86. The molecule has 0 bridgehead atoms. The van der Waals surface area contributed by atoms with Crippen LogP contribution in [0, 0.1) is 0 Å². The van der Waals surface area contributed by atoms with Crippen LogP contribution in [0.4, 0.5) is 5.82 Å². The lowest BCUT2D eigenvalue weighted by Crippen LogP contribution is -2.45. The van der Waals surface area contributed by atoms with Crippen LogP contribution >= 0.6 is 0 Å². The second kappa shape index (κ2) is 5.55. The second-order valence-electron chi connectivity index (χ2n) is 5.59. The van der Waals surface area contributed by atoms with E-state index < -0.39 is 0 Å². The average Bonchev–Trinajstić information content (AvgIpc) is 2.79. The fourth-order valence-corrected chi connectivity index (χ4v) is 2.86. The first-order valence-corrected chi connectivity index (χ1v) is 7.10. The minimum atomic E-state index is 0.223. The average molecular weight is 291 g/mol. The highest BCUT2D eigenvalue weighted by atomic mass is 16.5. The monoisotopic (exact) mass is 291 g/mol. The quantitative estimate of drug-likeness (QED) is 0.618. The molecule has 0 amide bonds. The zero-order chi connectivity index (χ0) is 15.0. The van der Waals surface area contributed by atoms with Crippen molar-refractivity contribution in [1.82, 2.24) is 24.6 Å². The van der Waals surface area contributed by atoms with Crippen LogP contribution in [0.25, 0.3) is 11.0 Å². The number of aromatic nitrogens is 4. The highest BCUT2D eigenvalue weighted by molar-refractivity contribution is 5.86. The van der Waals surface area contributed by atoms with Gasteiger partial charge in [-0.25, -0.2) is 15.8 Å². The molecule has 8 nitrogen and oxygen atoms in total. The van der Waals surface area contributed by atoms with Crippen molar-refractivity contribution in [2.24, 2.45) is 12.9 Å². The van der Waals surface area contributed by atoms with Gasteiger partial charge in [0.15, 0.2) is 11.5 Å². The number of hydrazine groups is 1. The molecule has 1 aliphatic rings. The van der Waals surface area contributed by atoms with Gasteiger partial charge in [-0.1, -0.05) is 0 Å². The fraction of sp³-hybridized carbons (Fsp3) is 0.615. The molecule has 8 heteroatoms. The van der Waals surface area contributed by atoms with Crippen LogP contribution in [0.1, 0.15) is 19.7 Å². The van der Waals surface area contributed by atoms with E-state index in [9.17, 15) is 0 Å². The van der Waals surface area contributed by atoms with E-state index >= 15 is 0 Å². The van der Waals surface area contributed by atoms with Gasteiger partial charge in [-0.3, -0.25) is 9.58 Å². The van der Waals surface area contributed by atoms with Gasteiger partial charge in [0.25, 0.3) is 0 Å². The summed E-state index contributed by atoms with van der Waals surface area (Å²) in [5.74, 6) is 6.91. The van der Waals surface area contributed by atoms with Crippen LogP contribution in [0.5, 0.6) is 0 Å². The number of nitrogens with zero attached hydrogens (tertiary/aromatic N) is 5. The predicted octanol–water partition coefficient (Wildman–Crippen LogP) is 0.258. The number of ether oxygens (including phenoxy) is 1. The first kappa shape index (κ1) is 14.2. The molecule has 0 radical (unpaired) electrons. The number of rotatable bonds is 3. The zero-order valence-corrected chi connectivity index (χ0v) is 12.6. The van der Waals surface area contributed by atoms with Crippen LogP contribution in [-0.4, -0.2) is 49.9 Å². The van der Waals surface area contributed by atoms with Crippen molar-refractivity contribution in [1.29, 1.82) is 0 Å². The number of hydrogen-bond acceptors (Lipinski definition) is 7. The van der Waals surface area contributed by atoms with E-state index in [1.165, 1.54) is 0 Å². The summed E-state index contributed by atoms with van der Waals surface area (Å²) in [5.41, 5.74) is 3.41. The second-order valence-corrected chi connectivity index (χ2v) is 5.59. The molecule has 2 atom stereocenters. The van der Waals surface area contributed by atoms with Crippen molar-refractivity contribution in [2.45, 2.75) is 32.6 Å². The van der Waals surface area contributed by atoms with Crippen molar-refractivity contribution < 1.29 is 4.74 Å². The van der Waals surface area contributed by atoms with Crippen molar-refractivity contribution in [3.63, 3.8) is 0 Å². The number of nitrogens with two attached hydrogens (primary N) is 1. The topological polar surface area (TPSA) is 94.1 Å². The molecule has 0 aromatic carbocycles. The molecule has 3 heterocycles. The maximum absolute atomic E-state index is 5.75. The van der Waals surface area contributed by atoms with Gasteiger partial charge in [0.05, 0.1) is 30.3 Å². The van der Waals surface area contributed by atoms with Gasteiger partial charge in [-0.2, -0.15) is 5.10 Å². The molecule has 1 aliphatic heterocycles. The molecule has 2 aromatic heterocycles. The van der Waals surface area contributed by atoms with Crippen LogP contribution in [0.2, 0.25) is 0 Å². The molecule has 0 spiro atoms. The van der Waals surface area contributed by atoms with Crippen molar-refractivity contribution in [2.75, 3.05) is 18.5 Å². The minimum Gasteiger partial charge on any atom is -0.373 e. The molecule has 0 saturated carbocycles. The maximum atomic E-state index is 5.75. The summed E-state index contributed by atoms with van der Waals surface area (Å²) in [6.45, 7) is 6.60. The molecule has 3 N–H and O–H groups in total. The highest BCUT2D eigenvalue weighted by Crippen LogP contribution is 2.20. The van der Waals surface area contributed by atoms with E-state index in [2.05, 4.69) is 39.2 Å². The Morgan fingerprint density at radius 1 is 1.33 bits per heavy atom. The number of nitrogen functional groups attached to an aromatic ring is 1. The van der Waals surface area contributed by atoms with E-state index in [0.29, 0.717) is 12.4 Å². The molecule has 21 heavy (non-hydrogen) atoms. The lowest BCUT2D eigenvalue weighted by Gasteiger charge is -2.34. The molecule has 3 rings (SSSR count). The molecule has 1 saturated heterocycles. The maximum Gasteiger partial charge on any atom is 0.163 e. The Hall–Kier alpha value is -1.77. The SMILES string of the molecule is CC1CN(Cc2nc(NN)c3cnn(C)c3n2)CC(C)O1. The molecule has 1 fully saturated rings. The summed E-state index contributed by atoms with van der Waals surface area (Å²) in [6, 6.07) is 0. The molecule has 2 unspecified atom stereocenters. The predicted molar refractivity (Wildman–Crippen MR) is 79.4 cm³/mol. The number of nitrogens with one attached hydrogen (secondary N) is 1. The van der Waals surface area contributed by atoms with Crippen molar-refractivity contribution in [3.8, 4) is 0 Å². The summed E-state index contributed by atoms with van der Waals surface area (Å²) >= 11 is 0. The summed E-state index contributed by atoms with van der Waals surface area (Å²) in [7, 11) is 1.86. The first-order chi connectivity index (χ1) is 10.1. The lowest BCUT2D eigenvalue weighted by molar-refractivity contribution is -0.0710. The third-order valence-corrected chi connectivity index (χ3v) is 3.64. The Kier molecular flexibility index (Phi) is 3.75. The van der Waals surface area contributed by atoms with E-state index in [1.54, 1.807) is 10.9 Å². The molecule has 0 aliphatic carbocycles. The summed E-state index contributed by atoms with van der Waals surface area (Å²) in [4.78, 5) is 11.4. The number of anilines is 1. The number of aryl methyl sites for hydroxylation is 1. The van der Waals surface area contributed by atoms with E-state index in [0.717, 1.165) is 29.9 Å². The normalized spacial score (nSPS) is 23.6. The van der Waals surface area contributed by atoms with Gasteiger partial charge in [0.1, 0.15) is 5.82 Å². The first-order valence-electron chi connectivity index (χ1n) is 7.10. The molecular weight excluding hydrogens is 270 g/mol. The molecule has 114 valence electrons. The zero-order valence-electron chi connectivity index (χ0n) is 12.6. The largest absolute Gasteiger partial charge is 0.373 e. The third kappa shape index (κ3) is 2.82. The smallest absolute Gasteiger partial charge is 0.163 e.